The van der Waals surface area contributed by atoms with Crippen LogP contribution >= 0.6 is 22.6 Å². The van der Waals surface area contributed by atoms with E-state index in [-0.39, 0.29) is 28.5 Å². The molecule has 1 aliphatic rings. The molecule has 0 radical (unpaired) electrons. The van der Waals surface area contributed by atoms with Gasteiger partial charge in [-0.15, -0.1) is 0 Å². The summed E-state index contributed by atoms with van der Waals surface area (Å²) in [6.07, 6.45) is 2.09. The summed E-state index contributed by atoms with van der Waals surface area (Å²) in [5.74, 6) is -1.63. The van der Waals surface area contributed by atoms with E-state index in [1.54, 1.807) is 6.92 Å². The van der Waals surface area contributed by atoms with Gasteiger partial charge in [0.1, 0.15) is 22.4 Å². The summed E-state index contributed by atoms with van der Waals surface area (Å²) in [5, 5.41) is 0. The van der Waals surface area contributed by atoms with E-state index < -0.39 is 21.8 Å². The van der Waals surface area contributed by atoms with Crippen molar-refractivity contribution >= 4 is 44.6 Å². The third-order valence-electron chi connectivity index (χ3n) is 3.20. The predicted molar refractivity (Wildman–Crippen MR) is 82.7 cm³/mol. The number of carbonyl (C=O) groups is 2. The maximum atomic E-state index is 11.7. The van der Waals surface area contributed by atoms with Crippen LogP contribution < -0.4 is 0 Å². The number of hydrogen-bond donors (Lipinski definition) is 1. The summed E-state index contributed by atoms with van der Waals surface area (Å²) in [5.41, 5.74) is 0. The van der Waals surface area contributed by atoms with Gasteiger partial charge in [-0.3, -0.25) is 14.1 Å². The molecule has 1 saturated carbocycles. The Morgan fingerprint density at radius 2 is 1.86 bits per heavy atom. The number of alkyl halides is 1. The molecule has 0 saturated heterocycles. The van der Waals surface area contributed by atoms with Crippen LogP contribution in [-0.2, 0) is 29.2 Å². The van der Waals surface area contributed by atoms with Gasteiger partial charge in [-0.05, 0) is 32.6 Å². The zero-order chi connectivity index (χ0) is 16.0. The predicted octanol–water partition coefficient (Wildman–Crippen LogP) is 1.34. The molecule has 1 N–H and O–H groups in total. The second-order valence-corrected chi connectivity index (χ2v) is 8.42. The fourth-order valence-corrected chi connectivity index (χ4v) is 2.48. The molecule has 1 fully saturated rings. The van der Waals surface area contributed by atoms with Gasteiger partial charge in [0, 0.05) is 0 Å². The molecule has 0 bridgehead atoms. The highest BCUT2D eigenvalue weighted by molar-refractivity contribution is 14.1. The lowest BCUT2D eigenvalue weighted by atomic mass is 9.87. The smallest absolute Gasteiger partial charge is 0.318 e. The number of hydrogen-bond acceptors (Lipinski definition) is 6. The summed E-state index contributed by atoms with van der Waals surface area (Å²) >= 11 is 1.98. The van der Waals surface area contributed by atoms with Crippen molar-refractivity contribution in [3.63, 3.8) is 0 Å². The molecule has 1 aliphatic carbocycles. The number of halogens is 1. The van der Waals surface area contributed by atoms with E-state index in [1.165, 1.54) is 0 Å². The standard InChI is InChI=1S/C12H19IO7S/c1-8(13)11(14)20-10-4-2-9(3-5-10)12(15)19-6-7-21(16,17)18/h8-10H,2-7H2,1H3,(H,16,17,18). The van der Waals surface area contributed by atoms with Gasteiger partial charge in [0.2, 0.25) is 0 Å². The topological polar surface area (TPSA) is 107 Å². The van der Waals surface area contributed by atoms with Crippen LogP contribution in [0.3, 0.4) is 0 Å². The van der Waals surface area contributed by atoms with Gasteiger partial charge in [0.15, 0.2) is 0 Å². The summed E-state index contributed by atoms with van der Waals surface area (Å²) in [6, 6.07) is 0. The molecule has 7 nitrogen and oxygen atoms in total. The average molecular weight is 434 g/mol. The summed E-state index contributed by atoms with van der Waals surface area (Å²) < 4.78 is 39.5. The third-order valence-corrected chi connectivity index (χ3v) is 4.39. The summed E-state index contributed by atoms with van der Waals surface area (Å²) in [7, 11) is -4.12. The highest BCUT2D eigenvalue weighted by Gasteiger charge is 2.29. The molecule has 1 atom stereocenters. The molecule has 1 rings (SSSR count). The molecule has 0 heterocycles. The minimum absolute atomic E-state index is 0.170. The van der Waals surface area contributed by atoms with Crippen molar-refractivity contribution in [1.82, 2.24) is 0 Å². The molecule has 0 aromatic rings. The van der Waals surface area contributed by atoms with E-state index >= 15 is 0 Å². The number of ether oxygens (including phenoxy) is 2. The third kappa shape index (κ3) is 7.41. The Labute approximate surface area is 137 Å². The van der Waals surface area contributed by atoms with Gasteiger partial charge in [0.05, 0.1) is 5.92 Å². The summed E-state index contributed by atoms with van der Waals surface area (Å²) in [4.78, 5) is 23.2. The van der Waals surface area contributed by atoms with Crippen LogP contribution in [0.2, 0.25) is 0 Å². The Morgan fingerprint density at radius 1 is 1.29 bits per heavy atom. The van der Waals surface area contributed by atoms with E-state index in [0.29, 0.717) is 25.7 Å². The first-order valence-electron chi connectivity index (χ1n) is 6.65. The Hall–Kier alpha value is -0.420. The molecule has 0 aromatic carbocycles. The molecule has 21 heavy (non-hydrogen) atoms. The average Bonchev–Trinajstić information content (AvgIpc) is 2.37. The first-order chi connectivity index (χ1) is 9.69. The molecule has 0 spiro atoms. The summed E-state index contributed by atoms with van der Waals surface area (Å²) in [6.45, 7) is 1.40. The Balaban J connectivity index is 2.29. The van der Waals surface area contributed by atoms with E-state index in [9.17, 15) is 18.0 Å². The van der Waals surface area contributed by atoms with Crippen LogP contribution in [-0.4, -0.2) is 47.3 Å². The zero-order valence-corrected chi connectivity index (χ0v) is 14.6. The van der Waals surface area contributed by atoms with Crippen molar-refractivity contribution in [3.05, 3.63) is 0 Å². The molecule has 9 heteroatoms. The second-order valence-electron chi connectivity index (χ2n) is 4.98. The molecular formula is C12H19IO7S. The van der Waals surface area contributed by atoms with E-state index in [4.69, 9.17) is 14.0 Å². The first kappa shape index (κ1) is 18.6. The van der Waals surface area contributed by atoms with Gasteiger partial charge < -0.3 is 9.47 Å². The van der Waals surface area contributed by atoms with Crippen LogP contribution in [0.1, 0.15) is 32.6 Å². The lowest BCUT2D eigenvalue weighted by Crippen LogP contribution is -2.31. The maximum absolute atomic E-state index is 11.7. The molecule has 122 valence electrons. The van der Waals surface area contributed by atoms with Crippen LogP contribution in [0.5, 0.6) is 0 Å². The van der Waals surface area contributed by atoms with E-state index in [0.717, 1.165) is 0 Å². The van der Waals surface area contributed by atoms with Crippen LogP contribution in [0, 0.1) is 5.92 Å². The molecule has 0 aromatic heterocycles. The molecule has 0 aliphatic heterocycles. The van der Waals surface area contributed by atoms with Crippen LogP contribution in [0.15, 0.2) is 0 Å². The second kappa shape index (κ2) is 8.28. The van der Waals surface area contributed by atoms with E-state index in [1.807, 2.05) is 22.6 Å². The highest BCUT2D eigenvalue weighted by atomic mass is 127. The number of rotatable bonds is 6. The maximum Gasteiger partial charge on any atom is 0.318 e. The Morgan fingerprint density at radius 3 is 2.33 bits per heavy atom. The molecule has 0 amide bonds. The van der Waals surface area contributed by atoms with Crippen LogP contribution in [0.4, 0.5) is 0 Å². The lowest BCUT2D eigenvalue weighted by molar-refractivity contribution is -0.153. The number of esters is 2. The minimum atomic E-state index is -4.12. The van der Waals surface area contributed by atoms with Crippen molar-refractivity contribution in [2.24, 2.45) is 5.92 Å². The van der Waals surface area contributed by atoms with Crippen molar-refractivity contribution in [3.8, 4) is 0 Å². The Kier molecular flexibility index (Phi) is 7.34. The lowest BCUT2D eigenvalue weighted by Gasteiger charge is -2.27. The molecular weight excluding hydrogens is 415 g/mol. The normalized spacial score (nSPS) is 24.1. The zero-order valence-electron chi connectivity index (χ0n) is 11.7. The Bertz CT molecular complexity index is 466. The fraction of sp³-hybridized carbons (Fsp3) is 0.833. The van der Waals surface area contributed by atoms with Crippen LogP contribution in [0.25, 0.3) is 0 Å². The quantitative estimate of drug-likeness (QED) is 0.291. The highest BCUT2D eigenvalue weighted by Crippen LogP contribution is 2.27. The van der Waals surface area contributed by atoms with Gasteiger partial charge in [-0.2, -0.15) is 8.42 Å². The fourth-order valence-electron chi connectivity index (χ4n) is 2.04. The molecule has 1 unspecified atom stereocenters. The van der Waals surface area contributed by atoms with Crippen molar-refractivity contribution < 1.29 is 32.0 Å². The largest absolute Gasteiger partial charge is 0.464 e. The first-order valence-corrected chi connectivity index (χ1v) is 9.51. The number of carbonyl (C=O) groups excluding carboxylic acids is 2. The van der Waals surface area contributed by atoms with Gasteiger partial charge in [0.25, 0.3) is 10.1 Å². The SMILES string of the molecule is CC(I)C(=O)OC1CCC(C(=O)OCCS(=O)(=O)O)CC1. The van der Waals surface area contributed by atoms with Crippen molar-refractivity contribution in [2.45, 2.75) is 42.6 Å². The van der Waals surface area contributed by atoms with Crippen molar-refractivity contribution in [1.29, 1.82) is 0 Å². The van der Waals surface area contributed by atoms with Gasteiger partial charge in [-0.25, -0.2) is 0 Å². The van der Waals surface area contributed by atoms with Crippen molar-refractivity contribution in [2.75, 3.05) is 12.4 Å². The van der Waals surface area contributed by atoms with E-state index in [2.05, 4.69) is 0 Å². The minimum Gasteiger partial charge on any atom is -0.464 e. The monoisotopic (exact) mass is 434 g/mol. The van der Waals surface area contributed by atoms with Gasteiger partial charge >= 0.3 is 11.9 Å². The van der Waals surface area contributed by atoms with Gasteiger partial charge in [-0.1, -0.05) is 22.6 Å².